The third-order valence-electron chi connectivity index (χ3n) is 2.74. The van der Waals surface area contributed by atoms with Gasteiger partial charge in [0.15, 0.2) is 4.90 Å². The van der Waals surface area contributed by atoms with Gasteiger partial charge in [0.1, 0.15) is 5.69 Å². The molecule has 1 atom stereocenters. The van der Waals surface area contributed by atoms with Crippen LogP contribution in [0.2, 0.25) is 0 Å². The molecule has 0 radical (unpaired) electrons. The number of hydrogen-bond acceptors (Lipinski definition) is 7. The highest BCUT2D eigenvalue weighted by atomic mass is 32.2. The minimum atomic E-state index is -3.99. The van der Waals surface area contributed by atoms with Gasteiger partial charge in [0.05, 0.1) is 4.92 Å². The summed E-state index contributed by atoms with van der Waals surface area (Å²) in [6.07, 6.45) is 2.55. The zero-order valence-corrected chi connectivity index (χ0v) is 13.3. The summed E-state index contributed by atoms with van der Waals surface area (Å²) < 4.78 is 27.1. The third kappa shape index (κ3) is 4.56. The number of thioether (sulfide) groups is 1. The lowest BCUT2D eigenvalue weighted by molar-refractivity contribution is -0.386. The van der Waals surface area contributed by atoms with Gasteiger partial charge in [0.25, 0.3) is 0 Å². The van der Waals surface area contributed by atoms with Crippen LogP contribution in [-0.2, 0) is 10.0 Å². The Hall–Kier alpha value is -1.36. The third-order valence-corrected chi connectivity index (χ3v) is 5.00. The smallest absolute Gasteiger partial charge is 0.313 e. The van der Waals surface area contributed by atoms with Gasteiger partial charge in [0, 0.05) is 6.04 Å². The van der Waals surface area contributed by atoms with E-state index in [2.05, 4.69) is 10.1 Å². The highest BCUT2D eigenvalue weighted by Gasteiger charge is 2.29. The molecule has 4 N–H and O–H groups in total. The van der Waals surface area contributed by atoms with Crippen LogP contribution < -0.4 is 16.0 Å². The van der Waals surface area contributed by atoms with Crippen molar-refractivity contribution in [2.24, 2.45) is 5.84 Å². The van der Waals surface area contributed by atoms with Gasteiger partial charge < -0.3 is 5.43 Å². The molecule has 0 bridgehead atoms. The van der Waals surface area contributed by atoms with Crippen molar-refractivity contribution in [2.75, 3.05) is 17.4 Å². The van der Waals surface area contributed by atoms with Crippen molar-refractivity contribution in [3.8, 4) is 0 Å². The molecule has 1 rings (SSSR count). The minimum absolute atomic E-state index is 0.0559. The van der Waals surface area contributed by atoms with Crippen molar-refractivity contribution < 1.29 is 13.3 Å². The number of rotatable bonds is 8. The molecule has 21 heavy (non-hydrogen) atoms. The zero-order valence-electron chi connectivity index (χ0n) is 11.7. The maximum atomic E-state index is 12.3. The fraction of sp³-hybridized carbons (Fsp3) is 0.455. The average Bonchev–Trinajstić information content (AvgIpc) is 2.43. The topological polar surface area (TPSA) is 127 Å². The molecule has 0 aliphatic carbocycles. The monoisotopic (exact) mass is 334 g/mol. The van der Waals surface area contributed by atoms with Crippen molar-refractivity contribution in [3.63, 3.8) is 0 Å². The van der Waals surface area contributed by atoms with E-state index >= 15 is 0 Å². The van der Waals surface area contributed by atoms with E-state index in [9.17, 15) is 18.5 Å². The molecule has 0 amide bonds. The molecule has 118 valence electrons. The molecular weight excluding hydrogens is 316 g/mol. The molecule has 0 fully saturated rings. The Labute approximate surface area is 127 Å². The fourth-order valence-electron chi connectivity index (χ4n) is 1.73. The van der Waals surface area contributed by atoms with Crippen LogP contribution >= 0.6 is 11.8 Å². The first kappa shape index (κ1) is 17.7. The summed E-state index contributed by atoms with van der Waals surface area (Å²) >= 11 is 1.60. The van der Waals surface area contributed by atoms with Gasteiger partial charge in [-0.1, -0.05) is 6.07 Å². The van der Waals surface area contributed by atoms with E-state index in [0.717, 1.165) is 5.75 Å². The number of nitro groups is 1. The lowest BCUT2D eigenvalue weighted by Gasteiger charge is -2.14. The van der Waals surface area contributed by atoms with Crippen LogP contribution in [0, 0.1) is 10.1 Å². The van der Waals surface area contributed by atoms with Gasteiger partial charge >= 0.3 is 5.69 Å². The molecule has 1 aromatic rings. The Balaban J connectivity index is 3.17. The van der Waals surface area contributed by atoms with Crippen LogP contribution in [-0.4, -0.2) is 31.4 Å². The predicted octanol–water partition coefficient (Wildman–Crippen LogP) is 1.30. The average molecular weight is 334 g/mol. The maximum Gasteiger partial charge on any atom is 0.313 e. The van der Waals surface area contributed by atoms with Crippen molar-refractivity contribution in [1.82, 2.24) is 4.72 Å². The standard InChI is InChI=1S/C11H18N4O4S2/c1-8(6-7-20-2)14-21(18,19)10-5-3-4-9(13-12)11(10)15(16)17/h3-5,8,13-14H,6-7,12H2,1-2H3. The quantitative estimate of drug-likeness (QED) is 0.371. The molecular formula is C11H18N4O4S2. The number of nitro benzene ring substituents is 1. The second kappa shape index (κ2) is 7.59. The Bertz CT molecular complexity index is 606. The molecule has 0 aliphatic heterocycles. The van der Waals surface area contributed by atoms with Gasteiger partial charge in [-0.2, -0.15) is 11.8 Å². The molecule has 8 nitrogen and oxygen atoms in total. The van der Waals surface area contributed by atoms with E-state index in [1.165, 1.54) is 18.2 Å². The molecule has 0 aromatic heterocycles. The van der Waals surface area contributed by atoms with Crippen LogP contribution in [0.1, 0.15) is 13.3 Å². The van der Waals surface area contributed by atoms with E-state index in [1.807, 2.05) is 6.26 Å². The van der Waals surface area contributed by atoms with Crippen LogP contribution in [0.15, 0.2) is 23.1 Å². The Morgan fingerprint density at radius 1 is 1.48 bits per heavy atom. The van der Waals surface area contributed by atoms with E-state index < -0.39 is 25.5 Å². The number of hydrazine groups is 1. The lowest BCUT2D eigenvalue weighted by atomic mass is 10.3. The molecule has 1 unspecified atom stereocenters. The summed E-state index contributed by atoms with van der Waals surface area (Å²) in [5.74, 6) is 5.98. The number of anilines is 1. The van der Waals surface area contributed by atoms with Gasteiger partial charge in [-0.05, 0) is 37.5 Å². The highest BCUT2D eigenvalue weighted by molar-refractivity contribution is 7.98. The number of nitrogen functional groups attached to an aromatic ring is 1. The molecule has 0 spiro atoms. The van der Waals surface area contributed by atoms with E-state index in [4.69, 9.17) is 5.84 Å². The second-order valence-corrected chi connectivity index (χ2v) is 7.03. The summed E-state index contributed by atoms with van der Waals surface area (Å²) in [5.41, 5.74) is 1.52. The van der Waals surface area contributed by atoms with E-state index in [0.29, 0.717) is 6.42 Å². The number of para-hydroxylation sites is 1. The van der Waals surface area contributed by atoms with Crippen molar-refractivity contribution >= 4 is 33.2 Å². The van der Waals surface area contributed by atoms with Gasteiger partial charge in [-0.15, -0.1) is 0 Å². The van der Waals surface area contributed by atoms with Crippen LogP contribution in [0.3, 0.4) is 0 Å². The molecule has 0 aliphatic rings. The Morgan fingerprint density at radius 2 is 2.14 bits per heavy atom. The van der Waals surface area contributed by atoms with Crippen molar-refractivity contribution in [1.29, 1.82) is 0 Å². The minimum Gasteiger partial charge on any atom is -0.318 e. The molecule has 0 saturated heterocycles. The maximum absolute atomic E-state index is 12.3. The van der Waals surface area contributed by atoms with Gasteiger partial charge in [-0.3, -0.25) is 16.0 Å². The number of benzene rings is 1. The van der Waals surface area contributed by atoms with Gasteiger partial charge in [0.2, 0.25) is 10.0 Å². The highest BCUT2D eigenvalue weighted by Crippen LogP contribution is 2.31. The number of hydrogen-bond donors (Lipinski definition) is 3. The van der Waals surface area contributed by atoms with E-state index in [-0.39, 0.29) is 11.7 Å². The summed E-state index contributed by atoms with van der Waals surface area (Å²) in [4.78, 5) is 9.95. The predicted molar refractivity (Wildman–Crippen MR) is 83.7 cm³/mol. The second-order valence-electron chi connectivity index (χ2n) is 4.36. The molecule has 0 heterocycles. The number of nitrogens with one attached hydrogen (secondary N) is 2. The first-order chi connectivity index (χ1) is 9.83. The fourth-order valence-corrected chi connectivity index (χ4v) is 3.79. The summed E-state index contributed by atoms with van der Waals surface area (Å²) in [6.45, 7) is 1.71. The first-order valence-electron chi connectivity index (χ1n) is 6.08. The number of nitrogens with zero attached hydrogens (tertiary/aromatic N) is 1. The first-order valence-corrected chi connectivity index (χ1v) is 8.96. The van der Waals surface area contributed by atoms with Crippen molar-refractivity contribution in [3.05, 3.63) is 28.3 Å². The SMILES string of the molecule is CSCCC(C)NS(=O)(=O)c1cccc(NN)c1[N+](=O)[O-]. The lowest BCUT2D eigenvalue weighted by Crippen LogP contribution is -2.33. The summed E-state index contributed by atoms with van der Waals surface area (Å²) in [7, 11) is -3.99. The van der Waals surface area contributed by atoms with Gasteiger partial charge in [-0.25, -0.2) is 13.1 Å². The summed E-state index contributed by atoms with van der Waals surface area (Å²) in [6, 6.07) is 3.59. The summed E-state index contributed by atoms with van der Waals surface area (Å²) in [5, 5.41) is 11.1. The number of nitrogens with two attached hydrogens (primary N) is 1. The molecule has 10 heteroatoms. The van der Waals surface area contributed by atoms with E-state index in [1.54, 1.807) is 18.7 Å². The normalized spacial score (nSPS) is 12.9. The van der Waals surface area contributed by atoms with Crippen LogP contribution in [0.25, 0.3) is 0 Å². The Morgan fingerprint density at radius 3 is 2.67 bits per heavy atom. The van der Waals surface area contributed by atoms with Crippen LogP contribution in [0.4, 0.5) is 11.4 Å². The largest absolute Gasteiger partial charge is 0.318 e. The van der Waals surface area contributed by atoms with Crippen LogP contribution in [0.5, 0.6) is 0 Å². The van der Waals surface area contributed by atoms with Crippen molar-refractivity contribution in [2.45, 2.75) is 24.3 Å². The number of sulfonamides is 1. The molecule has 1 aromatic carbocycles. The Kier molecular flexibility index (Phi) is 6.40. The zero-order chi connectivity index (χ0) is 16.0. The molecule has 0 saturated carbocycles.